The van der Waals surface area contributed by atoms with Crippen molar-refractivity contribution in [2.24, 2.45) is 0 Å². The van der Waals surface area contributed by atoms with Gasteiger partial charge in [0.15, 0.2) is 0 Å². The van der Waals surface area contributed by atoms with Gasteiger partial charge in [0.1, 0.15) is 0 Å². The van der Waals surface area contributed by atoms with Crippen molar-refractivity contribution in [3.63, 3.8) is 0 Å². The number of thiophene rings is 1. The van der Waals surface area contributed by atoms with Crippen molar-refractivity contribution in [3.05, 3.63) is 22.4 Å². The van der Waals surface area contributed by atoms with Crippen LogP contribution in [0.2, 0.25) is 0 Å². The highest BCUT2D eigenvalue weighted by atomic mass is 32.1. The van der Waals surface area contributed by atoms with Gasteiger partial charge in [0.05, 0.1) is 6.10 Å². The van der Waals surface area contributed by atoms with Crippen LogP contribution in [0.1, 0.15) is 24.8 Å². The Kier molecular flexibility index (Phi) is 4.60. The van der Waals surface area contributed by atoms with Crippen molar-refractivity contribution in [2.75, 3.05) is 0 Å². The summed E-state index contributed by atoms with van der Waals surface area (Å²) >= 11 is 1.52. The molecule has 1 nitrogen and oxygen atoms in total. The van der Waals surface area contributed by atoms with E-state index in [2.05, 4.69) is 0 Å². The summed E-state index contributed by atoms with van der Waals surface area (Å²) in [5.41, 5.74) is 0.986. The second-order valence-corrected chi connectivity index (χ2v) is 4.28. The Bertz CT molecular complexity index is 269. The lowest BCUT2D eigenvalue weighted by molar-refractivity contribution is -0.136. The first-order chi connectivity index (χ1) is 6.97. The van der Waals surface area contributed by atoms with Crippen LogP contribution in [0, 0.1) is 0 Å². The van der Waals surface area contributed by atoms with Gasteiger partial charge in [0, 0.05) is 6.42 Å². The monoisotopic (exact) mass is 238 g/mol. The molecule has 1 N–H and O–H groups in total. The predicted octanol–water partition coefficient (Wildman–Crippen LogP) is 3.38. The Morgan fingerprint density at radius 1 is 1.40 bits per heavy atom. The molecule has 0 aliphatic carbocycles. The Balaban J connectivity index is 2.17. The van der Waals surface area contributed by atoms with E-state index >= 15 is 0 Å². The molecule has 15 heavy (non-hydrogen) atoms. The Morgan fingerprint density at radius 2 is 2.13 bits per heavy atom. The first kappa shape index (κ1) is 12.5. The standard InChI is InChI=1S/C10H13F3OS/c11-10(12,13)4-1-2-9(14)6-8-3-5-15-7-8/h3,5,7,9,14H,1-2,4,6H2. The molecule has 0 aliphatic rings. The van der Waals surface area contributed by atoms with Gasteiger partial charge in [-0.1, -0.05) is 0 Å². The molecule has 0 amide bonds. The van der Waals surface area contributed by atoms with Gasteiger partial charge in [-0.15, -0.1) is 0 Å². The third-order valence-corrected chi connectivity index (χ3v) is 2.78. The maximum Gasteiger partial charge on any atom is 0.389 e. The number of hydrogen-bond acceptors (Lipinski definition) is 2. The topological polar surface area (TPSA) is 20.2 Å². The van der Waals surface area contributed by atoms with Gasteiger partial charge >= 0.3 is 6.18 Å². The van der Waals surface area contributed by atoms with Gasteiger partial charge < -0.3 is 5.11 Å². The largest absolute Gasteiger partial charge is 0.393 e. The first-order valence-electron chi connectivity index (χ1n) is 4.73. The maximum absolute atomic E-state index is 11.8. The number of rotatable bonds is 5. The molecule has 1 aromatic heterocycles. The van der Waals surface area contributed by atoms with E-state index in [-0.39, 0.29) is 12.8 Å². The zero-order valence-corrected chi connectivity index (χ0v) is 8.94. The van der Waals surface area contributed by atoms with Gasteiger partial charge in [-0.3, -0.25) is 0 Å². The van der Waals surface area contributed by atoms with Crippen molar-refractivity contribution in [1.82, 2.24) is 0 Å². The van der Waals surface area contributed by atoms with Gasteiger partial charge in [-0.25, -0.2) is 0 Å². The molecule has 1 atom stereocenters. The molecule has 0 bridgehead atoms. The molecule has 0 saturated heterocycles. The lowest BCUT2D eigenvalue weighted by Gasteiger charge is -2.10. The minimum Gasteiger partial charge on any atom is -0.393 e. The van der Waals surface area contributed by atoms with E-state index in [1.165, 1.54) is 11.3 Å². The van der Waals surface area contributed by atoms with E-state index < -0.39 is 18.7 Å². The Hall–Kier alpha value is -0.550. The van der Waals surface area contributed by atoms with Crippen LogP contribution >= 0.6 is 11.3 Å². The summed E-state index contributed by atoms with van der Waals surface area (Å²) in [7, 11) is 0. The normalized spacial score (nSPS) is 14.1. The van der Waals surface area contributed by atoms with Crippen molar-refractivity contribution in [1.29, 1.82) is 0 Å². The van der Waals surface area contributed by atoms with E-state index in [1.54, 1.807) is 0 Å². The third kappa shape index (κ3) is 5.79. The van der Waals surface area contributed by atoms with Crippen LogP contribution in [-0.4, -0.2) is 17.4 Å². The van der Waals surface area contributed by atoms with Crippen molar-refractivity contribution in [3.8, 4) is 0 Å². The molecule has 1 aromatic rings. The zero-order chi connectivity index (χ0) is 11.3. The zero-order valence-electron chi connectivity index (χ0n) is 8.13. The summed E-state index contributed by atoms with van der Waals surface area (Å²) in [6.45, 7) is 0. The number of hydrogen-bond donors (Lipinski definition) is 1. The highest BCUT2D eigenvalue weighted by Gasteiger charge is 2.26. The fourth-order valence-corrected chi connectivity index (χ4v) is 2.00. The molecule has 0 radical (unpaired) electrons. The molecule has 0 spiro atoms. The molecule has 0 saturated carbocycles. The smallest absolute Gasteiger partial charge is 0.389 e. The van der Waals surface area contributed by atoms with Crippen LogP contribution in [0.15, 0.2) is 16.8 Å². The lowest BCUT2D eigenvalue weighted by atomic mass is 10.1. The SMILES string of the molecule is OC(CCCC(F)(F)F)Cc1ccsc1. The molecule has 1 unspecified atom stereocenters. The van der Waals surface area contributed by atoms with E-state index in [9.17, 15) is 18.3 Å². The van der Waals surface area contributed by atoms with Crippen molar-refractivity contribution in [2.45, 2.75) is 38.0 Å². The summed E-state index contributed by atoms with van der Waals surface area (Å²) in [6, 6.07) is 1.87. The molecule has 86 valence electrons. The van der Waals surface area contributed by atoms with Gasteiger partial charge in [-0.05, 0) is 41.7 Å². The fourth-order valence-electron chi connectivity index (χ4n) is 1.32. The predicted molar refractivity (Wildman–Crippen MR) is 53.9 cm³/mol. The van der Waals surface area contributed by atoms with Gasteiger partial charge in [-0.2, -0.15) is 24.5 Å². The van der Waals surface area contributed by atoms with Crippen LogP contribution in [0.25, 0.3) is 0 Å². The van der Waals surface area contributed by atoms with Gasteiger partial charge in [0.25, 0.3) is 0 Å². The maximum atomic E-state index is 11.8. The highest BCUT2D eigenvalue weighted by molar-refractivity contribution is 7.07. The summed E-state index contributed by atoms with van der Waals surface area (Å²) < 4.78 is 35.4. The summed E-state index contributed by atoms with van der Waals surface area (Å²) in [5.74, 6) is 0. The highest BCUT2D eigenvalue weighted by Crippen LogP contribution is 2.23. The van der Waals surface area contributed by atoms with Crippen LogP contribution in [0.5, 0.6) is 0 Å². The molecular weight excluding hydrogens is 225 g/mol. The second kappa shape index (κ2) is 5.51. The number of alkyl halides is 3. The fraction of sp³-hybridized carbons (Fsp3) is 0.600. The summed E-state index contributed by atoms with van der Waals surface area (Å²) in [5, 5.41) is 13.2. The van der Waals surface area contributed by atoms with Crippen LogP contribution in [-0.2, 0) is 6.42 Å². The number of aliphatic hydroxyl groups excluding tert-OH is 1. The molecule has 0 fully saturated rings. The molecule has 0 aliphatic heterocycles. The average Bonchev–Trinajstić information content (AvgIpc) is 2.54. The summed E-state index contributed by atoms with van der Waals surface area (Å²) in [4.78, 5) is 0. The minimum absolute atomic E-state index is 0.00515. The van der Waals surface area contributed by atoms with Crippen LogP contribution < -0.4 is 0 Å². The van der Waals surface area contributed by atoms with E-state index in [0.717, 1.165) is 5.56 Å². The molecule has 0 aromatic carbocycles. The molecule has 1 rings (SSSR count). The van der Waals surface area contributed by atoms with E-state index in [1.807, 2.05) is 16.8 Å². The summed E-state index contributed by atoms with van der Waals surface area (Å²) in [6.07, 6.45) is -4.94. The Morgan fingerprint density at radius 3 is 2.67 bits per heavy atom. The quantitative estimate of drug-likeness (QED) is 0.833. The number of halogens is 3. The number of aliphatic hydroxyl groups is 1. The molecule has 1 heterocycles. The van der Waals surface area contributed by atoms with Crippen molar-refractivity contribution >= 4 is 11.3 Å². The van der Waals surface area contributed by atoms with E-state index in [0.29, 0.717) is 6.42 Å². The molecular formula is C10H13F3OS. The lowest BCUT2D eigenvalue weighted by Crippen LogP contribution is -2.13. The van der Waals surface area contributed by atoms with Gasteiger partial charge in [0.2, 0.25) is 0 Å². The van der Waals surface area contributed by atoms with Crippen molar-refractivity contribution < 1.29 is 18.3 Å². The Labute approximate surface area is 90.6 Å². The van der Waals surface area contributed by atoms with Crippen LogP contribution in [0.3, 0.4) is 0 Å². The third-order valence-electron chi connectivity index (χ3n) is 2.05. The van der Waals surface area contributed by atoms with E-state index in [4.69, 9.17) is 0 Å². The second-order valence-electron chi connectivity index (χ2n) is 3.50. The minimum atomic E-state index is -4.11. The molecule has 5 heteroatoms. The first-order valence-corrected chi connectivity index (χ1v) is 5.67. The average molecular weight is 238 g/mol. The van der Waals surface area contributed by atoms with Crippen LogP contribution in [0.4, 0.5) is 13.2 Å².